The topological polar surface area (TPSA) is 75.7 Å². The molecule has 86 valence electrons. The first-order valence-electron chi connectivity index (χ1n) is 4.74. The smallest absolute Gasteiger partial charge is 0.124 e. The van der Waals surface area contributed by atoms with E-state index in [9.17, 15) is 0 Å². The molecule has 4 nitrogen and oxygen atoms in total. The molecule has 0 amide bonds. The summed E-state index contributed by atoms with van der Waals surface area (Å²) in [5, 5.41) is 8.64. The van der Waals surface area contributed by atoms with Crippen LogP contribution in [0, 0.1) is 5.41 Å². The van der Waals surface area contributed by atoms with E-state index in [1.807, 2.05) is 12.1 Å². The Bertz CT molecular complexity index is 544. The molecule has 3 N–H and O–H groups in total. The molecule has 17 heavy (non-hydrogen) atoms. The summed E-state index contributed by atoms with van der Waals surface area (Å²) in [6.07, 6.45) is 3.18. The Kier molecular flexibility index (Phi) is 3.61. The van der Waals surface area contributed by atoms with Gasteiger partial charge in [-0.3, -0.25) is 5.41 Å². The number of benzene rings is 1. The van der Waals surface area contributed by atoms with Crippen molar-refractivity contribution in [2.24, 2.45) is 5.73 Å². The van der Waals surface area contributed by atoms with Crippen LogP contribution in [0.3, 0.4) is 0 Å². The lowest BCUT2D eigenvalue weighted by atomic mass is 10.2. The molecule has 0 aliphatic heterocycles. The average molecular weight is 265 g/mol. The fourth-order valence-corrected chi connectivity index (χ4v) is 2.37. The molecule has 1 heterocycles. The number of halogens is 1. The molecule has 0 saturated heterocycles. The van der Waals surface area contributed by atoms with E-state index in [0.29, 0.717) is 10.6 Å². The van der Waals surface area contributed by atoms with Gasteiger partial charge in [0.2, 0.25) is 0 Å². The summed E-state index contributed by atoms with van der Waals surface area (Å²) in [5.41, 5.74) is 5.93. The van der Waals surface area contributed by atoms with E-state index in [1.165, 1.54) is 18.1 Å². The van der Waals surface area contributed by atoms with Crippen LogP contribution in [-0.2, 0) is 0 Å². The summed E-state index contributed by atoms with van der Waals surface area (Å²) in [5.74, 6) is -0.0337. The van der Waals surface area contributed by atoms with Crippen molar-refractivity contribution < 1.29 is 0 Å². The zero-order chi connectivity index (χ0) is 12.3. The highest BCUT2D eigenvalue weighted by Crippen LogP contribution is 2.29. The third-order valence-corrected chi connectivity index (χ3v) is 3.26. The Labute approximate surface area is 108 Å². The maximum atomic E-state index is 7.33. The standard InChI is InChI=1S/C11H9ClN4S/c12-9-5-7(1-2-8(9)11(13)14)17-10-3-4-15-6-16-10/h1-6H,(H3,13,14). The zero-order valence-corrected chi connectivity index (χ0v) is 10.3. The second-order valence-electron chi connectivity index (χ2n) is 3.21. The highest BCUT2D eigenvalue weighted by atomic mass is 35.5. The second-order valence-corrected chi connectivity index (χ2v) is 4.71. The molecule has 0 bridgehead atoms. The van der Waals surface area contributed by atoms with Gasteiger partial charge >= 0.3 is 0 Å². The predicted molar refractivity (Wildman–Crippen MR) is 68.6 cm³/mol. The van der Waals surface area contributed by atoms with Crippen molar-refractivity contribution in [3.8, 4) is 0 Å². The maximum absolute atomic E-state index is 7.33. The van der Waals surface area contributed by atoms with Crippen LogP contribution in [0.25, 0.3) is 0 Å². The normalized spacial score (nSPS) is 10.2. The van der Waals surface area contributed by atoms with E-state index < -0.39 is 0 Å². The quantitative estimate of drug-likeness (QED) is 0.508. The predicted octanol–water partition coefficient (Wildman–Crippen LogP) is 2.57. The third kappa shape index (κ3) is 2.95. The van der Waals surface area contributed by atoms with Crippen molar-refractivity contribution in [2.75, 3.05) is 0 Å². The lowest BCUT2D eigenvalue weighted by molar-refractivity contribution is 1.05. The molecule has 0 spiro atoms. The van der Waals surface area contributed by atoms with E-state index in [2.05, 4.69) is 9.97 Å². The molecule has 6 heteroatoms. The van der Waals surface area contributed by atoms with Crippen molar-refractivity contribution in [1.29, 1.82) is 5.41 Å². The number of rotatable bonds is 3. The molecule has 0 aliphatic carbocycles. The van der Waals surface area contributed by atoms with E-state index in [-0.39, 0.29) is 5.84 Å². The van der Waals surface area contributed by atoms with Gasteiger partial charge in [0.15, 0.2) is 0 Å². The molecule has 1 aromatic carbocycles. The van der Waals surface area contributed by atoms with Gasteiger partial charge < -0.3 is 5.73 Å². The molecular formula is C11H9ClN4S. The molecule has 0 unspecified atom stereocenters. The Balaban J connectivity index is 2.24. The Morgan fingerprint density at radius 3 is 2.76 bits per heavy atom. The fourth-order valence-electron chi connectivity index (χ4n) is 1.24. The third-order valence-electron chi connectivity index (χ3n) is 2.01. The van der Waals surface area contributed by atoms with Crippen LogP contribution < -0.4 is 5.73 Å². The average Bonchev–Trinajstić information content (AvgIpc) is 2.30. The van der Waals surface area contributed by atoms with Crippen LogP contribution in [0.5, 0.6) is 0 Å². The first-order chi connectivity index (χ1) is 8.16. The summed E-state index contributed by atoms with van der Waals surface area (Å²) in [7, 11) is 0. The first kappa shape index (κ1) is 11.9. The lowest BCUT2D eigenvalue weighted by Gasteiger charge is -2.05. The van der Waals surface area contributed by atoms with Gasteiger partial charge in [-0.2, -0.15) is 0 Å². The van der Waals surface area contributed by atoms with E-state index in [4.69, 9.17) is 22.7 Å². The van der Waals surface area contributed by atoms with Gasteiger partial charge in [0.25, 0.3) is 0 Å². The van der Waals surface area contributed by atoms with Crippen molar-refractivity contribution in [2.45, 2.75) is 9.92 Å². The Morgan fingerprint density at radius 1 is 1.35 bits per heavy atom. The van der Waals surface area contributed by atoms with E-state index in [0.717, 1.165) is 9.92 Å². The minimum absolute atomic E-state index is 0.0337. The van der Waals surface area contributed by atoms with Gasteiger partial charge in [0.1, 0.15) is 17.2 Å². The first-order valence-corrected chi connectivity index (χ1v) is 5.94. The van der Waals surface area contributed by atoms with Crippen LogP contribution in [0.15, 0.2) is 46.7 Å². The van der Waals surface area contributed by atoms with Crippen molar-refractivity contribution in [1.82, 2.24) is 9.97 Å². The fraction of sp³-hybridized carbons (Fsp3) is 0. The van der Waals surface area contributed by atoms with Crippen LogP contribution >= 0.6 is 23.4 Å². The minimum atomic E-state index is -0.0337. The Hall–Kier alpha value is -1.59. The molecule has 0 atom stereocenters. The number of hydrogen-bond donors (Lipinski definition) is 2. The summed E-state index contributed by atoms with van der Waals surface area (Å²) in [6, 6.07) is 7.17. The number of nitrogens with one attached hydrogen (secondary N) is 1. The van der Waals surface area contributed by atoms with Crippen LogP contribution in [-0.4, -0.2) is 15.8 Å². The van der Waals surface area contributed by atoms with Crippen LogP contribution in [0.2, 0.25) is 5.02 Å². The number of hydrogen-bond acceptors (Lipinski definition) is 4. The number of amidine groups is 1. The summed E-state index contributed by atoms with van der Waals surface area (Å²) in [4.78, 5) is 8.89. The number of aromatic nitrogens is 2. The summed E-state index contributed by atoms with van der Waals surface area (Å²) < 4.78 is 0. The largest absolute Gasteiger partial charge is 0.384 e. The van der Waals surface area contributed by atoms with Gasteiger partial charge in [-0.15, -0.1) is 0 Å². The Morgan fingerprint density at radius 2 is 2.18 bits per heavy atom. The molecule has 0 radical (unpaired) electrons. The molecule has 0 saturated carbocycles. The molecular weight excluding hydrogens is 256 g/mol. The SMILES string of the molecule is N=C(N)c1ccc(Sc2ccncn2)cc1Cl. The number of nitrogens with zero attached hydrogens (tertiary/aromatic N) is 2. The van der Waals surface area contributed by atoms with Gasteiger partial charge in [0.05, 0.1) is 5.02 Å². The maximum Gasteiger partial charge on any atom is 0.124 e. The monoisotopic (exact) mass is 264 g/mol. The highest BCUT2D eigenvalue weighted by molar-refractivity contribution is 7.99. The van der Waals surface area contributed by atoms with Crippen molar-refractivity contribution in [3.05, 3.63) is 47.4 Å². The number of nitrogens with two attached hydrogens (primary N) is 1. The van der Waals surface area contributed by atoms with Crippen LogP contribution in [0.1, 0.15) is 5.56 Å². The van der Waals surface area contributed by atoms with Gasteiger partial charge in [-0.05, 0) is 24.3 Å². The van der Waals surface area contributed by atoms with Crippen molar-refractivity contribution >= 4 is 29.2 Å². The number of nitrogen functional groups attached to an aromatic ring is 1. The molecule has 1 aromatic heterocycles. The summed E-state index contributed by atoms with van der Waals surface area (Å²) >= 11 is 7.50. The van der Waals surface area contributed by atoms with Gasteiger partial charge in [-0.1, -0.05) is 23.4 Å². The summed E-state index contributed by atoms with van der Waals surface area (Å²) in [6.45, 7) is 0. The zero-order valence-electron chi connectivity index (χ0n) is 8.72. The van der Waals surface area contributed by atoms with Crippen molar-refractivity contribution in [3.63, 3.8) is 0 Å². The van der Waals surface area contributed by atoms with Gasteiger partial charge in [0, 0.05) is 16.7 Å². The molecule has 0 aliphatic rings. The second kappa shape index (κ2) is 5.16. The van der Waals surface area contributed by atoms with E-state index in [1.54, 1.807) is 18.3 Å². The highest BCUT2D eigenvalue weighted by Gasteiger charge is 2.05. The van der Waals surface area contributed by atoms with Gasteiger partial charge in [-0.25, -0.2) is 9.97 Å². The minimum Gasteiger partial charge on any atom is -0.384 e. The lowest BCUT2D eigenvalue weighted by Crippen LogP contribution is -2.11. The molecule has 2 aromatic rings. The van der Waals surface area contributed by atoms with Crippen LogP contribution in [0.4, 0.5) is 0 Å². The molecule has 2 rings (SSSR count). The van der Waals surface area contributed by atoms with E-state index >= 15 is 0 Å². The molecule has 0 fully saturated rings.